The molecule has 0 spiro atoms. The van der Waals surface area contributed by atoms with Crippen molar-refractivity contribution in [2.24, 2.45) is 0 Å². The van der Waals surface area contributed by atoms with Crippen LogP contribution >= 0.6 is 0 Å². The minimum absolute atomic E-state index is 0.140. The smallest absolute Gasteiger partial charge is 0.435 e. The van der Waals surface area contributed by atoms with Gasteiger partial charge in [-0.3, -0.25) is 4.68 Å². The van der Waals surface area contributed by atoms with Crippen LogP contribution in [0.3, 0.4) is 0 Å². The van der Waals surface area contributed by atoms with Gasteiger partial charge >= 0.3 is 12.1 Å². The normalized spacial score (nSPS) is 15.8. The van der Waals surface area contributed by atoms with E-state index in [9.17, 15) is 18.0 Å². The third-order valence-corrected chi connectivity index (χ3v) is 2.53. The van der Waals surface area contributed by atoms with Crippen LogP contribution in [0.1, 0.15) is 26.0 Å². The average Bonchev–Trinajstić information content (AvgIpc) is 2.64. The number of hydrogen-bond donors (Lipinski definition) is 1. The lowest BCUT2D eigenvalue weighted by molar-refractivity contribution is -0.149. The quantitative estimate of drug-likeness (QED) is 0.874. The van der Waals surface area contributed by atoms with Crippen LogP contribution in [0.4, 0.5) is 13.2 Å². The lowest BCUT2D eigenvalue weighted by Gasteiger charge is -2.23. The Bertz CT molecular complexity index is 400. The summed E-state index contributed by atoms with van der Waals surface area (Å²) in [5.41, 5.74) is -2.54. The van der Waals surface area contributed by atoms with Crippen molar-refractivity contribution in [1.82, 2.24) is 9.78 Å². The standard InChI is InChI=1S/C9H11F3N2O2/c1-3-8(2,7(15)16)14-5-4-6(13-14)9(10,11)12/h4-5H,3H2,1-2H3,(H,15,16). The van der Waals surface area contributed by atoms with Crippen LogP contribution in [0.5, 0.6) is 0 Å². The molecule has 0 aliphatic rings. The highest BCUT2D eigenvalue weighted by molar-refractivity contribution is 5.75. The molecule has 1 heterocycles. The Morgan fingerprint density at radius 3 is 2.44 bits per heavy atom. The lowest BCUT2D eigenvalue weighted by Crippen LogP contribution is -2.38. The first-order valence-electron chi connectivity index (χ1n) is 4.58. The molecule has 1 N–H and O–H groups in total. The van der Waals surface area contributed by atoms with Gasteiger partial charge in [0.25, 0.3) is 0 Å². The second kappa shape index (κ2) is 3.80. The van der Waals surface area contributed by atoms with Crippen LogP contribution < -0.4 is 0 Å². The van der Waals surface area contributed by atoms with Crippen LogP contribution in [0.2, 0.25) is 0 Å². The zero-order valence-electron chi connectivity index (χ0n) is 8.75. The fraction of sp³-hybridized carbons (Fsp3) is 0.556. The van der Waals surface area contributed by atoms with Crippen LogP contribution in [0.25, 0.3) is 0 Å². The number of carbonyl (C=O) groups is 1. The third kappa shape index (κ3) is 2.02. The van der Waals surface area contributed by atoms with Crippen molar-refractivity contribution in [3.8, 4) is 0 Å². The van der Waals surface area contributed by atoms with E-state index < -0.39 is 23.4 Å². The van der Waals surface area contributed by atoms with E-state index in [1.165, 1.54) is 6.92 Å². The maximum absolute atomic E-state index is 12.3. The summed E-state index contributed by atoms with van der Waals surface area (Å²) in [5, 5.41) is 12.2. The number of nitrogens with zero attached hydrogens (tertiary/aromatic N) is 2. The van der Waals surface area contributed by atoms with Crippen molar-refractivity contribution in [1.29, 1.82) is 0 Å². The zero-order valence-corrected chi connectivity index (χ0v) is 8.75. The summed E-state index contributed by atoms with van der Waals surface area (Å²) in [6.07, 6.45) is -3.39. The summed E-state index contributed by atoms with van der Waals surface area (Å²) in [6, 6.07) is 0.761. The molecule has 1 rings (SSSR count). The number of carboxylic acid groups (broad SMARTS) is 1. The first kappa shape index (κ1) is 12.5. The molecule has 1 aromatic heterocycles. The third-order valence-electron chi connectivity index (χ3n) is 2.53. The lowest BCUT2D eigenvalue weighted by atomic mass is 10.00. The van der Waals surface area contributed by atoms with Crippen molar-refractivity contribution >= 4 is 5.97 Å². The van der Waals surface area contributed by atoms with Crippen LogP contribution in [-0.2, 0) is 16.5 Å². The first-order valence-corrected chi connectivity index (χ1v) is 4.58. The van der Waals surface area contributed by atoms with Crippen molar-refractivity contribution in [2.75, 3.05) is 0 Å². The van der Waals surface area contributed by atoms with E-state index in [4.69, 9.17) is 5.11 Å². The summed E-state index contributed by atoms with van der Waals surface area (Å²) < 4.78 is 37.6. The topological polar surface area (TPSA) is 55.1 Å². The molecule has 0 radical (unpaired) electrons. The molecule has 7 heteroatoms. The van der Waals surface area contributed by atoms with Crippen LogP contribution in [-0.4, -0.2) is 20.9 Å². The number of halogens is 3. The van der Waals surface area contributed by atoms with Gasteiger partial charge in [-0.05, 0) is 19.4 Å². The summed E-state index contributed by atoms with van der Waals surface area (Å²) in [4.78, 5) is 11.0. The van der Waals surface area contributed by atoms with E-state index in [2.05, 4.69) is 5.10 Å². The Labute approximate surface area is 89.7 Å². The predicted octanol–water partition coefficient (Wildman–Crippen LogP) is 2.11. The summed E-state index contributed by atoms with van der Waals surface area (Å²) >= 11 is 0. The highest BCUT2D eigenvalue weighted by Gasteiger charge is 2.38. The molecule has 0 saturated heterocycles. The van der Waals surface area contributed by atoms with Gasteiger partial charge in [-0.15, -0.1) is 0 Å². The van der Waals surface area contributed by atoms with Gasteiger partial charge in [-0.25, -0.2) is 4.79 Å². The number of rotatable bonds is 3. The largest absolute Gasteiger partial charge is 0.479 e. The SMILES string of the molecule is CCC(C)(C(=O)O)n1ccc(C(F)(F)F)n1. The minimum atomic E-state index is -4.56. The fourth-order valence-electron chi connectivity index (χ4n) is 1.16. The highest BCUT2D eigenvalue weighted by atomic mass is 19.4. The summed E-state index contributed by atoms with van der Waals surface area (Å²) in [7, 11) is 0. The maximum Gasteiger partial charge on any atom is 0.435 e. The van der Waals surface area contributed by atoms with Crippen LogP contribution in [0, 0.1) is 0 Å². The highest BCUT2D eigenvalue weighted by Crippen LogP contribution is 2.29. The summed E-state index contributed by atoms with van der Waals surface area (Å²) in [6.45, 7) is 2.89. The van der Waals surface area contributed by atoms with Gasteiger partial charge in [-0.1, -0.05) is 6.92 Å². The Morgan fingerprint density at radius 1 is 1.56 bits per heavy atom. The van der Waals surface area contributed by atoms with E-state index in [1.807, 2.05) is 0 Å². The molecule has 0 amide bonds. The van der Waals surface area contributed by atoms with E-state index in [0.717, 1.165) is 16.9 Å². The van der Waals surface area contributed by atoms with Gasteiger partial charge in [-0.2, -0.15) is 18.3 Å². The Morgan fingerprint density at radius 2 is 2.12 bits per heavy atom. The monoisotopic (exact) mass is 236 g/mol. The van der Waals surface area contributed by atoms with E-state index >= 15 is 0 Å². The van der Waals surface area contributed by atoms with Gasteiger partial charge in [0.1, 0.15) is 0 Å². The molecule has 0 saturated carbocycles. The van der Waals surface area contributed by atoms with Gasteiger partial charge in [0.05, 0.1) is 0 Å². The molecule has 0 bridgehead atoms. The Balaban J connectivity index is 3.15. The summed E-state index contributed by atoms with van der Waals surface area (Å²) in [5.74, 6) is -1.22. The molecule has 0 aliphatic carbocycles. The zero-order chi connectivity index (χ0) is 12.6. The number of carboxylic acids is 1. The van der Waals surface area contributed by atoms with Gasteiger partial charge in [0.2, 0.25) is 0 Å². The molecular weight excluding hydrogens is 225 g/mol. The molecule has 1 atom stereocenters. The predicted molar refractivity (Wildman–Crippen MR) is 48.8 cm³/mol. The van der Waals surface area contributed by atoms with Crippen LogP contribution in [0.15, 0.2) is 12.3 Å². The van der Waals surface area contributed by atoms with E-state index in [0.29, 0.717) is 0 Å². The number of hydrogen-bond acceptors (Lipinski definition) is 2. The molecule has 0 fully saturated rings. The average molecular weight is 236 g/mol. The maximum atomic E-state index is 12.3. The number of aromatic nitrogens is 2. The van der Waals surface area contributed by atoms with Crippen molar-refractivity contribution in [3.05, 3.63) is 18.0 Å². The van der Waals surface area contributed by atoms with Gasteiger partial charge in [0, 0.05) is 6.20 Å². The molecule has 4 nitrogen and oxygen atoms in total. The molecule has 1 aromatic rings. The Hall–Kier alpha value is -1.53. The van der Waals surface area contributed by atoms with Gasteiger partial charge in [0.15, 0.2) is 11.2 Å². The fourth-order valence-corrected chi connectivity index (χ4v) is 1.16. The second-order valence-corrected chi connectivity index (χ2v) is 3.58. The molecule has 90 valence electrons. The van der Waals surface area contributed by atoms with E-state index in [1.54, 1.807) is 6.92 Å². The van der Waals surface area contributed by atoms with Crippen molar-refractivity contribution in [2.45, 2.75) is 32.0 Å². The van der Waals surface area contributed by atoms with Gasteiger partial charge < -0.3 is 5.11 Å². The van der Waals surface area contributed by atoms with E-state index in [-0.39, 0.29) is 6.42 Å². The molecule has 16 heavy (non-hydrogen) atoms. The molecule has 0 aromatic carbocycles. The first-order chi connectivity index (χ1) is 7.21. The molecule has 0 aliphatic heterocycles. The minimum Gasteiger partial charge on any atom is -0.479 e. The Kier molecular flexibility index (Phi) is 2.98. The number of alkyl halides is 3. The number of aliphatic carboxylic acids is 1. The van der Waals surface area contributed by atoms with Crippen molar-refractivity contribution < 1.29 is 23.1 Å². The second-order valence-electron chi connectivity index (χ2n) is 3.58. The molecular formula is C9H11F3N2O2. The molecule has 1 unspecified atom stereocenters. The van der Waals surface area contributed by atoms with Crippen molar-refractivity contribution in [3.63, 3.8) is 0 Å².